The fourth-order valence-corrected chi connectivity index (χ4v) is 3.34. The number of carbonyl (C=O) groups is 2. The van der Waals surface area contributed by atoms with Gasteiger partial charge in [-0.15, -0.1) is 0 Å². The van der Waals surface area contributed by atoms with Crippen molar-refractivity contribution in [3.05, 3.63) is 83.7 Å². The van der Waals surface area contributed by atoms with Gasteiger partial charge in [0.15, 0.2) is 11.5 Å². The Balaban J connectivity index is 1.75. The number of anilines is 1. The summed E-state index contributed by atoms with van der Waals surface area (Å²) in [6.07, 6.45) is 1.47. The first-order chi connectivity index (χ1) is 15.0. The third kappa shape index (κ3) is 3.87. The number of nitrogens with one attached hydrogen (secondary N) is 1. The normalized spacial score (nSPS) is 13.7. The van der Waals surface area contributed by atoms with Crippen molar-refractivity contribution in [2.75, 3.05) is 19.5 Å². The van der Waals surface area contributed by atoms with E-state index in [-0.39, 0.29) is 17.8 Å². The number of halogens is 1. The highest BCUT2D eigenvalue weighted by Crippen LogP contribution is 2.34. The molecule has 2 aromatic carbocycles. The van der Waals surface area contributed by atoms with E-state index in [9.17, 15) is 14.0 Å². The number of nitrogens with zero attached hydrogens (tertiary/aromatic N) is 1. The molecule has 1 aliphatic heterocycles. The summed E-state index contributed by atoms with van der Waals surface area (Å²) in [5.41, 5.74) is 1.17. The van der Waals surface area contributed by atoms with Crippen molar-refractivity contribution in [1.29, 1.82) is 0 Å². The summed E-state index contributed by atoms with van der Waals surface area (Å²) in [6, 6.07) is 13.8. The van der Waals surface area contributed by atoms with Crippen LogP contribution in [0.3, 0.4) is 0 Å². The Morgan fingerprint density at radius 1 is 0.968 bits per heavy atom. The standard InChI is InChI=1S/C23H19FN2O5/c1-29-18-10-9-16(12-19(18)30-2)25-21-20(14-5-7-15(24)8-6-14)22(27)26(23(21)28)13-17-4-3-11-31-17/h3-12,25H,13H2,1-2H3. The molecule has 31 heavy (non-hydrogen) atoms. The van der Waals surface area contributed by atoms with Crippen molar-refractivity contribution in [2.45, 2.75) is 6.54 Å². The minimum Gasteiger partial charge on any atom is -0.493 e. The van der Waals surface area contributed by atoms with Crippen LogP contribution in [-0.2, 0) is 16.1 Å². The number of hydrogen-bond donors (Lipinski definition) is 1. The van der Waals surface area contributed by atoms with E-state index in [2.05, 4.69) is 5.32 Å². The number of ether oxygens (including phenoxy) is 2. The van der Waals surface area contributed by atoms with Crippen LogP contribution >= 0.6 is 0 Å². The van der Waals surface area contributed by atoms with Gasteiger partial charge in [-0.1, -0.05) is 12.1 Å². The second kappa shape index (κ2) is 8.35. The van der Waals surface area contributed by atoms with Gasteiger partial charge in [-0.25, -0.2) is 4.39 Å². The predicted octanol–water partition coefficient (Wildman–Crippen LogP) is 3.83. The molecule has 1 aromatic heterocycles. The molecule has 0 radical (unpaired) electrons. The first-order valence-corrected chi connectivity index (χ1v) is 9.39. The monoisotopic (exact) mass is 422 g/mol. The minimum absolute atomic E-state index is 0.0214. The second-order valence-corrected chi connectivity index (χ2v) is 6.73. The maximum atomic E-state index is 13.4. The van der Waals surface area contributed by atoms with Crippen molar-refractivity contribution < 1.29 is 27.9 Å². The van der Waals surface area contributed by atoms with Crippen molar-refractivity contribution in [3.63, 3.8) is 0 Å². The number of imide groups is 1. The molecule has 4 rings (SSSR count). The summed E-state index contributed by atoms with van der Waals surface area (Å²) in [5, 5.41) is 3.03. The fraction of sp³-hybridized carbons (Fsp3) is 0.130. The lowest BCUT2D eigenvalue weighted by Crippen LogP contribution is -2.31. The molecule has 0 atom stereocenters. The van der Waals surface area contributed by atoms with Crippen molar-refractivity contribution in [1.82, 2.24) is 4.90 Å². The van der Waals surface area contributed by atoms with Crippen LogP contribution in [0.2, 0.25) is 0 Å². The largest absolute Gasteiger partial charge is 0.493 e. The molecule has 0 unspecified atom stereocenters. The Kier molecular flexibility index (Phi) is 5.44. The third-order valence-corrected chi connectivity index (χ3v) is 4.85. The van der Waals surface area contributed by atoms with E-state index in [0.717, 1.165) is 4.90 Å². The first kappa shape index (κ1) is 20.2. The molecule has 158 valence electrons. The highest BCUT2D eigenvalue weighted by molar-refractivity contribution is 6.36. The lowest BCUT2D eigenvalue weighted by molar-refractivity contribution is -0.137. The van der Waals surface area contributed by atoms with E-state index in [4.69, 9.17) is 13.9 Å². The summed E-state index contributed by atoms with van der Waals surface area (Å²) in [5.74, 6) is -0.0170. The van der Waals surface area contributed by atoms with Gasteiger partial charge in [0.05, 0.1) is 32.6 Å². The van der Waals surface area contributed by atoms with Crippen LogP contribution in [0.15, 0.2) is 71.0 Å². The number of carbonyl (C=O) groups excluding carboxylic acids is 2. The van der Waals surface area contributed by atoms with Gasteiger partial charge in [0.1, 0.15) is 17.3 Å². The number of benzene rings is 2. The number of methoxy groups -OCH3 is 2. The molecule has 0 saturated carbocycles. The van der Waals surface area contributed by atoms with Gasteiger partial charge in [-0.3, -0.25) is 14.5 Å². The van der Waals surface area contributed by atoms with E-state index in [1.165, 1.54) is 44.7 Å². The summed E-state index contributed by atoms with van der Waals surface area (Å²) < 4.78 is 29.3. The Labute approximate surface area is 177 Å². The average Bonchev–Trinajstić information content (AvgIpc) is 3.37. The molecule has 2 heterocycles. The third-order valence-electron chi connectivity index (χ3n) is 4.85. The van der Waals surface area contributed by atoms with Gasteiger partial charge in [-0.05, 0) is 42.0 Å². The zero-order valence-electron chi connectivity index (χ0n) is 16.8. The second-order valence-electron chi connectivity index (χ2n) is 6.73. The Morgan fingerprint density at radius 3 is 2.35 bits per heavy atom. The minimum atomic E-state index is -0.518. The smallest absolute Gasteiger partial charge is 0.278 e. The molecule has 0 bridgehead atoms. The van der Waals surface area contributed by atoms with Gasteiger partial charge in [0.25, 0.3) is 11.8 Å². The van der Waals surface area contributed by atoms with Crippen molar-refractivity contribution in [3.8, 4) is 11.5 Å². The summed E-state index contributed by atoms with van der Waals surface area (Å²) >= 11 is 0. The van der Waals surface area contributed by atoms with Crippen LogP contribution in [0.4, 0.5) is 10.1 Å². The van der Waals surface area contributed by atoms with Crippen molar-refractivity contribution in [2.24, 2.45) is 0 Å². The fourth-order valence-electron chi connectivity index (χ4n) is 3.34. The van der Waals surface area contributed by atoms with Gasteiger partial charge in [0.2, 0.25) is 0 Å². The summed E-state index contributed by atoms with van der Waals surface area (Å²) in [7, 11) is 3.02. The predicted molar refractivity (Wildman–Crippen MR) is 111 cm³/mol. The van der Waals surface area contributed by atoms with Gasteiger partial charge < -0.3 is 19.2 Å². The summed E-state index contributed by atoms with van der Waals surface area (Å²) in [6.45, 7) is -0.0214. The number of amides is 2. The van der Waals surface area contributed by atoms with E-state index >= 15 is 0 Å². The Hall–Kier alpha value is -4.07. The maximum absolute atomic E-state index is 13.4. The molecule has 1 N–H and O–H groups in total. The van der Waals surface area contributed by atoms with E-state index in [0.29, 0.717) is 28.5 Å². The SMILES string of the molecule is COc1ccc(NC2=C(c3ccc(F)cc3)C(=O)N(Cc3ccco3)C2=O)cc1OC. The Morgan fingerprint density at radius 2 is 1.71 bits per heavy atom. The Bertz CT molecular complexity index is 1150. The van der Waals surface area contributed by atoms with Crippen LogP contribution in [0.25, 0.3) is 5.57 Å². The highest BCUT2D eigenvalue weighted by atomic mass is 19.1. The number of hydrogen-bond acceptors (Lipinski definition) is 6. The van der Waals surface area contributed by atoms with Crippen LogP contribution in [-0.4, -0.2) is 30.9 Å². The molecule has 0 fully saturated rings. The first-order valence-electron chi connectivity index (χ1n) is 9.39. The van der Waals surface area contributed by atoms with Crippen LogP contribution in [0, 0.1) is 5.82 Å². The molecule has 0 saturated heterocycles. The van der Waals surface area contributed by atoms with Gasteiger partial charge in [-0.2, -0.15) is 0 Å². The molecule has 0 spiro atoms. The van der Waals surface area contributed by atoms with Gasteiger partial charge >= 0.3 is 0 Å². The summed E-state index contributed by atoms with van der Waals surface area (Å²) in [4.78, 5) is 27.5. The van der Waals surface area contributed by atoms with Crippen LogP contribution in [0.1, 0.15) is 11.3 Å². The van der Waals surface area contributed by atoms with Crippen LogP contribution in [0.5, 0.6) is 11.5 Å². The number of furan rings is 1. The molecular formula is C23H19FN2O5. The molecule has 3 aromatic rings. The van der Waals surface area contributed by atoms with E-state index < -0.39 is 17.6 Å². The molecular weight excluding hydrogens is 403 g/mol. The van der Waals surface area contributed by atoms with E-state index in [1.807, 2.05) is 0 Å². The lowest BCUT2D eigenvalue weighted by Gasteiger charge is -2.14. The zero-order valence-corrected chi connectivity index (χ0v) is 16.8. The molecule has 8 heteroatoms. The van der Waals surface area contributed by atoms with Crippen molar-refractivity contribution >= 4 is 23.1 Å². The topological polar surface area (TPSA) is 81.0 Å². The number of rotatable bonds is 7. The molecule has 2 amide bonds. The van der Waals surface area contributed by atoms with Gasteiger partial charge in [0, 0.05) is 11.8 Å². The quantitative estimate of drug-likeness (QED) is 0.583. The lowest BCUT2D eigenvalue weighted by atomic mass is 10.0. The maximum Gasteiger partial charge on any atom is 0.278 e. The van der Waals surface area contributed by atoms with Crippen LogP contribution < -0.4 is 14.8 Å². The molecule has 1 aliphatic rings. The average molecular weight is 422 g/mol. The molecule has 0 aliphatic carbocycles. The van der Waals surface area contributed by atoms with E-state index in [1.54, 1.807) is 30.3 Å². The highest BCUT2D eigenvalue weighted by Gasteiger charge is 2.39. The molecule has 7 nitrogen and oxygen atoms in total. The zero-order chi connectivity index (χ0) is 22.0.